The first-order chi connectivity index (χ1) is 9.53. The van der Waals surface area contributed by atoms with Crippen LogP contribution in [-0.2, 0) is 15.7 Å². The summed E-state index contributed by atoms with van der Waals surface area (Å²) in [5.41, 5.74) is -1.22. The van der Waals surface area contributed by atoms with Crippen LogP contribution in [0.2, 0.25) is 0 Å². The first kappa shape index (κ1) is 17.5. The topological polar surface area (TPSA) is 46.5 Å². The van der Waals surface area contributed by atoms with E-state index in [1.807, 2.05) is 0 Å². The van der Waals surface area contributed by atoms with Gasteiger partial charge in [-0.25, -0.2) is 0 Å². The summed E-state index contributed by atoms with van der Waals surface area (Å²) in [6.07, 6.45) is -4.63. The third-order valence-electron chi connectivity index (χ3n) is 2.74. The average molecular weight is 304 g/mol. The van der Waals surface area contributed by atoms with Crippen molar-refractivity contribution in [2.45, 2.75) is 44.9 Å². The Kier molecular flexibility index (Phi) is 5.39. The fraction of sp³-hybridized carbons (Fsp3) is 0.533. The molecule has 1 N–H and O–H groups in total. The van der Waals surface area contributed by atoms with E-state index < -0.39 is 35.8 Å². The molecule has 0 amide bonds. The van der Waals surface area contributed by atoms with Gasteiger partial charge in [-0.3, -0.25) is 4.79 Å². The Bertz CT molecular complexity index is 490. The predicted molar refractivity (Wildman–Crippen MR) is 71.7 cm³/mol. The molecule has 1 aromatic rings. The summed E-state index contributed by atoms with van der Waals surface area (Å²) >= 11 is 0. The fourth-order valence-corrected chi connectivity index (χ4v) is 1.84. The second kappa shape index (κ2) is 6.47. The number of carbonyl (C=O) groups is 1. The molecule has 0 aromatic heterocycles. The highest BCUT2D eigenvalue weighted by molar-refractivity contribution is 5.71. The number of hydrogen-bond acceptors (Lipinski definition) is 3. The molecule has 1 aromatic carbocycles. The van der Waals surface area contributed by atoms with E-state index in [1.165, 1.54) is 12.1 Å². The molecule has 3 nitrogen and oxygen atoms in total. The summed E-state index contributed by atoms with van der Waals surface area (Å²) in [5.74, 6) is -1.28. The van der Waals surface area contributed by atoms with Crippen LogP contribution in [0.1, 0.15) is 44.2 Å². The van der Waals surface area contributed by atoms with Crippen LogP contribution in [0.4, 0.5) is 13.2 Å². The quantitative estimate of drug-likeness (QED) is 0.866. The number of esters is 1. The van der Waals surface area contributed by atoms with Gasteiger partial charge in [-0.2, -0.15) is 13.2 Å². The largest absolute Gasteiger partial charge is 0.460 e. The minimum Gasteiger partial charge on any atom is -0.460 e. The predicted octanol–water partition coefficient (Wildman–Crippen LogP) is 3.51. The van der Waals surface area contributed by atoms with Crippen molar-refractivity contribution in [2.75, 3.05) is 6.61 Å². The molecular formula is C15H19F3O3. The molecule has 21 heavy (non-hydrogen) atoms. The van der Waals surface area contributed by atoms with Crippen molar-refractivity contribution in [3.8, 4) is 0 Å². The molecule has 6 heteroatoms. The van der Waals surface area contributed by atoms with E-state index in [2.05, 4.69) is 0 Å². The van der Waals surface area contributed by atoms with Crippen LogP contribution in [0.5, 0.6) is 0 Å². The van der Waals surface area contributed by atoms with E-state index in [9.17, 15) is 23.1 Å². The Balaban J connectivity index is 2.88. The maximum atomic E-state index is 12.7. The molecule has 1 unspecified atom stereocenters. The van der Waals surface area contributed by atoms with Gasteiger partial charge >= 0.3 is 12.1 Å². The van der Waals surface area contributed by atoms with Gasteiger partial charge in [-0.1, -0.05) is 18.2 Å². The van der Waals surface area contributed by atoms with Gasteiger partial charge in [-0.15, -0.1) is 0 Å². The second-order valence-electron chi connectivity index (χ2n) is 5.79. The van der Waals surface area contributed by atoms with Crippen molar-refractivity contribution >= 4 is 5.97 Å². The molecule has 0 heterocycles. The smallest absolute Gasteiger partial charge is 0.416 e. The monoisotopic (exact) mass is 304 g/mol. The lowest BCUT2D eigenvalue weighted by Crippen LogP contribution is -2.25. The van der Waals surface area contributed by atoms with Gasteiger partial charge < -0.3 is 9.84 Å². The zero-order valence-electron chi connectivity index (χ0n) is 12.2. The Labute approximate surface area is 121 Å². The lowest BCUT2D eigenvalue weighted by Gasteiger charge is -2.22. The van der Waals surface area contributed by atoms with E-state index in [0.29, 0.717) is 0 Å². The summed E-state index contributed by atoms with van der Waals surface area (Å²) in [6, 6.07) is 4.62. The number of rotatable bonds is 4. The van der Waals surface area contributed by atoms with Gasteiger partial charge in [0.15, 0.2) is 0 Å². The van der Waals surface area contributed by atoms with Crippen molar-refractivity contribution in [3.05, 3.63) is 35.4 Å². The molecule has 0 radical (unpaired) electrons. The summed E-state index contributed by atoms with van der Waals surface area (Å²) in [5, 5.41) is 9.33. The summed E-state index contributed by atoms with van der Waals surface area (Å²) < 4.78 is 43.1. The minimum absolute atomic E-state index is 0.172. The summed E-state index contributed by atoms with van der Waals surface area (Å²) in [6.45, 7) is 4.66. The third kappa shape index (κ3) is 5.75. The Morgan fingerprint density at radius 2 is 1.90 bits per heavy atom. The van der Waals surface area contributed by atoms with Crippen molar-refractivity contribution in [3.63, 3.8) is 0 Å². The lowest BCUT2D eigenvalue weighted by atomic mass is 9.95. The van der Waals surface area contributed by atoms with Crippen LogP contribution in [0.3, 0.4) is 0 Å². The second-order valence-corrected chi connectivity index (χ2v) is 5.79. The molecule has 0 saturated heterocycles. The molecule has 0 aliphatic rings. The van der Waals surface area contributed by atoms with Crippen LogP contribution in [0, 0.1) is 0 Å². The van der Waals surface area contributed by atoms with Crippen LogP contribution < -0.4 is 0 Å². The lowest BCUT2D eigenvalue weighted by molar-refractivity contribution is -0.155. The van der Waals surface area contributed by atoms with Gasteiger partial charge in [0.05, 0.1) is 18.6 Å². The number of alkyl halides is 3. The summed E-state index contributed by atoms with van der Waals surface area (Å²) in [7, 11) is 0. The van der Waals surface area contributed by atoms with Crippen LogP contribution in [0.25, 0.3) is 0 Å². The highest BCUT2D eigenvalue weighted by Crippen LogP contribution is 2.32. The SMILES string of the molecule is CC(C)(C)OC(=O)CC(CO)c1cccc(C(F)(F)F)c1. The zero-order valence-corrected chi connectivity index (χ0v) is 12.2. The molecule has 118 valence electrons. The van der Waals surface area contributed by atoms with E-state index in [4.69, 9.17) is 4.74 Å². The van der Waals surface area contributed by atoms with Crippen LogP contribution in [0.15, 0.2) is 24.3 Å². The van der Waals surface area contributed by atoms with Gasteiger partial charge in [-0.05, 0) is 32.4 Å². The highest BCUT2D eigenvalue weighted by atomic mass is 19.4. The first-order valence-corrected chi connectivity index (χ1v) is 6.53. The number of aliphatic hydroxyl groups excluding tert-OH is 1. The van der Waals surface area contributed by atoms with E-state index in [0.717, 1.165) is 12.1 Å². The molecule has 0 aliphatic heterocycles. The number of aliphatic hydroxyl groups is 1. The Morgan fingerprint density at radius 1 is 1.29 bits per heavy atom. The summed E-state index contributed by atoms with van der Waals surface area (Å²) in [4.78, 5) is 11.7. The van der Waals surface area contributed by atoms with Gasteiger partial charge in [0.25, 0.3) is 0 Å². The minimum atomic E-state index is -4.46. The number of ether oxygens (including phenoxy) is 1. The Hall–Kier alpha value is -1.56. The van der Waals surface area contributed by atoms with Crippen molar-refractivity contribution in [1.29, 1.82) is 0 Å². The highest BCUT2D eigenvalue weighted by Gasteiger charge is 2.31. The average Bonchev–Trinajstić information content (AvgIpc) is 2.33. The molecule has 0 saturated carbocycles. The maximum absolute atomic E-state index is 12.7. The third-order valence-corrected chi connectivity index (χ3v) is 2.74. The van der Waals surface area contributed by atoms with Crippen LogP contribution >= 0.6 is 0 Å². The van der Waals surface area contributed by atoms with Gasteiger partial charge in [0.1, 0.15) is 5.60 Å². The molecule has 0 bridgehead atoms. The zero-order chi connectivity index (χ0) is 16.3. The maximum Gasteiger partial charge on any atom is 0.416 e. The van der Waals surface area contributed by atoms with Crippen molar-refractivity contribution in [2.24, 2.45) is 0 Å². The molecule has 0 spiro atoms. The molecule has 0 aliphatic carbocycles. The number of carbonyl (C=O) groups excluding carboxylic acids is 1. The number of hydrogen-bond donors (Lipinski definition) is 1. The van der Waals surface area contributed by atoms with Crippen molar-refractivity contribution < 1.29 is 27.8 Å². The fourth-order valence-electron chi connectivity index (χ4n) is 1.84. The van der Waals surface area contributed by atoms with E-state index in [1.54, 1.807) is 20.8 Å². The molecular weight excluding hydrogens is 285 g/mol. The number of benzene rings is 1. The van der Waals surface area contributed by atoms with Gasteiger partial charge in [0, 0.05) is 5.92 Å². The standard InChI is InChI=1S/C15H19F3O3/c1-14(2,3)21-13(20)8-11(9-19)10-5-4-6-12(7-10)15(16,17)18/h4-7,11,19H,8-9H2,1-3H3. The first-order valence-electron chi connectivity index (χ1n) is 6.53. The Morgan fingerprint density at radius 3 is 2.38 bits per heavy atom. The van der Waals surface area contributed by atoms with E-state index >= 15 is 0 Å². The van der Waals surface area contributed by atoms with Crippen molar-refractivity contribution in [1.82, 2.24) is 0 Å². The molecule has 0 fully saturated rings. The molecule has 1 rings (SSSR count). The molecule has 1 atom stereocenters. The van der Waals surface area contributed by atoms with Gasteiger partial charge in [0.2, 0.25) is 0 Å². The van der Waals surface area contributed by atoms with Crippen LogP contribution in [-0.4, -0.2) is 23.3 Å². The number of halogens is 3. The normalized spacial score (nSPS) is 13.9. The van der Waals surface area contributed by atoms with E-state index in [-0.39, 0.29) is 12.0 Å².